The van der Waals surface area contributed by atoms with Crippen molar-refractivity contribution < 1.29 is 24.5 Å². The fourth-order valence-corrected chi connectivity index (χ4v) is 1.87. The Morgan fingerprint density at radius 2 is 2.06 bits per heavy atom. The summed E-state index contributed by atoms with van der Waals surface area (Å²) in [7, 11) is 0. The molecule has 0 saturated heterocycles. The average molecular weight is 293 g/mol. The fraction of sp³-hybridized carbons (Fsp3) is 0.300. The van der Waals surface area contributed by atoms with Gasteiger partial charge in [-0.2, -0.15) is 0 Å². The maximum Gasteiger partial charge on any atom is 0.303 e. The van der Waals surface area contributed by atoms with Crippen LogP contribution in [0, 0.1) is 5.82 Å². The molecule has 0 heterocycles. The SMILES string of the molecule is O=C(O)CCCc1c(F)cc(O)c(O)c1Br. The summed E-state index contributed by atoms with van der Waals surface area (Å²) >= 11 is 2.95. The first-order valence-corrected chi connectivity index (χ1v) is 5.33. The van der Waals surface area contributed by atoms with Gasteiger partial charge < -0.3 is 15.3 Å². The molecule has 0 amide bonds. The summed E-state index contributed by atoms with van der Waals surface area (Å²) in [5.74, 6) is -2.62. The van der Waals surface area contributed by atoms with E-state index < -0.39 is 23.3 Å². The predicted molar refractivity (Wildman–Crippen MR) is 58.0 cm³/mol. The molecule has 88 valence electrons. The van der Waals surface area contributed by atoms with Crippen LogP contribution in [0.1, 0.15) is 18.4 Å². The first kappa shape index (κ1) is 12.8. The number of phenols is 2. The van der Waals surface area contributed by atoms with E-state index in [1.54, 1.807) is 0 Å². The summed E-state index contributed by atoms with van der Waals surface area (Å²) in [4.78, 5) is 10.3. The molecule has 3 N–H and O–H groups in total. The van der Waals surface area contributed by atoms with E-state index in [1.165, 1.54) is 0 Å². The Morgan fingerprint density at radius 1 is 1.44 bits per heavy atom. The predicted octanol–water partition coefficient (Wildman–Crippen LogP) is 2.41. The summed E-state index contributed by atoms with van der Waals surface area (Å²) in [6.45, 7) is 0. The number of carboxylic acids is 1. The zero-order valence-electron chi connectivity index (χ0n) is 8.20. The van der Waals surface area contributed by atoms with Crippen molar-refractivity contribution in [2.45, 2.75) is 19.3 Å². The van der Waals surface area contributed by atoms with Crippen LogP contribution in [0.3, 0.4) is 0 Å². The second-order valence-corrected chi connectivity index (χ2v) is 4.06. The van der Waals surface area contributed by atoms with Crippen molar-refractivity contribution in [2.75, 3.05) is 0 Å². The molecule has 0 radical (unpaired) electrons. The molecular formula is C10H10BrFO4. The lowest BCUT2D eigenvalue weighted by Gasteiger charge is -2.08. The third-order valence-corrected chi connectivity index (χ3v) is 2.94. The second kappa shape index (κ2) is 5.16. The second-order valence-electron chi connectivity index (χ2n) is 3.27. The molecule has 0 aliphatic carbocycles. The molecule has 16 heavy (non-hydrogen) atoms. The van der Waals surface area contributed by atoms with Crippen molar-refractivity contribution in [3.8, 4) is 11.5 Å². The van der Waals surface area contributed by atoms with Crippen molar-refractivity contribution >= 4 is 21.9 Å². The summed E-state index contributed by atoms with van der Waals surface area (Å²) < 4.78 is 13.4. The van der Waals surface area contributed by atoms with Crippen LogP contribution in [-0.2, 0) is 11.2 Å². The first-order valence-electron chi connectivity index (χ1n) is 4.54. The number of carboxylic acid groups (broad SMARTS) is 1. The van der Waals surface area contributed by atoms with Gasteiger partial charge >= 0.3 is 5.97 Å². The molecule has 0 aliphatic rings. The lowest BCUT2D eigenvalue weighted by molar-refractivity contribution is -0.137. The number of hydrogen-bond acceptors (Lipinski definition) is 3. The van der Waals surface area contributed by atoms with Gasteiger partial charge in [0.05, 0.1) is 4.47 Å². The molecule has 0 spiro atoms. The topological polar surface area (TPSA) is 77.8 Å². The number of halogens is 2. The minimum atomic E-state index is -0.959. The number of benzene rings is 1. The van der Waals surface area contributed by atoms with E-state index in [2.05, 4.69) is 15.9 Å². The van der Waals surface area contributed by atoms with Crippen molar-refractivity contribution in [3.63, 3.8) is 0 Å². The maximum atomic E-state index is 13.4. The molecule has 0 aromatic heterocycles. The van der Waals surface area contributed by atoms with Gasteiger partial charge in [-0.05, 0) is 28.8 Å². The average Bonchev–Trinajstić information content (AvgIpc) is 2.19. The standard InChI is InChI=1S/C10H10BrFO4/c11-9-5(2-1-3-8(14)15)6(12)4-7(13)10(9)16/h4,13,16H,1-3H2,(H,14,15). The quantitative estimate of drug-likeness (QED) is 0.745. The van der Waals surface area contributed by atoms with E-state index in [0.717, 1.165) is 6.07 Å². The Labute approximate surface area is 99.5 Å². The van der Waals surface area contributed by atoms with Crippen molar-refractivity contribution in [3.05, 3.63) is 21.9 Å². The van der Waals surface area contributed by atoms with E-state index >= 15 is 0 Å². The lowest BCUT2D eigenvalue weighted by atomic mass is 10.1. The van der Waals surface area contributed by atoms with Crippen LogP contribution in [-0.4, -0.2) is 21.3 Å². The highest BCUT2D eigenvalue weighted by atomic mass is 79.9. The number of carbonyl (C=O) groups is 1. The van der Waals surface area contributed by atoms with Gasteiger partial charge in [-0.25, -0.2) is 4.39 Å². The van der Waals surface area contributed by atoms with Gasteiger partial charge in [0, 0.05) is 18.1 Å². The van der Waals surface area contributed by atoms with Crippen LogP contribution < -0.4 is 0 Å². The molecule has 0 aliphatic heterocycles. The number of aliphatic carboxylic acids is 1. The van der Waals surface area contributed by atoms with Crippen LogP contribution >= 0.6 is 15.9 Å². The Hall–Kier alpha value is -1.30. The van der Waals surface area contributed by atoms with Crippen molar-refractivity contribution in [1.82, 2.24) is 0 Å². The van der Waals surface area contributed by atoms with Gasteiger partial charge in [0.2, 0.25) is 0 Å². The summed E-state index contributed by atoms with van der Waals surface area (Å²) in [6.07, 6.45) is 0.356. The monoisotopic (exact) mass is 292 g/mol. The number of phenolic OH excluding ortho intramolecular Hbond substituents is 2. The van der Waals surface area contributed by atoms with Crippen molar-refractivity contribution in [2.24, 2.45) is 0 Å². The smallest absolute Gasteiger partial charge is 0.303 e. The number of rotatable bonds is 4. The van der Waals surface area contributed by atoms with Gasteiger partial charge in [0.15, 0.2) is 11.5 Å². The highest BCUT2D eigenvalue weighted by molar-refractivity contribution is 9.10. The van der Waals surface area contributed by atoms with Gasteiger partial charge in [0.25, 0.3) is 0 Å². The van der Waals surface area contributed by atoms with E-state index in [-0.39, 0.29) is 29.3 Å². The molecule has 0 unspecified atom stereocenters. The lowest BCUT2D eigenvalue weighted by Crippen LogP contribution is -1.98. The minimum Gasteiger partial charge on any atom is -0.504 e. The Kier molecular flexibility index (Phi) is 4.12. The molecule has 0 atom stereocenters. The normalized spacial score (nSPS) is 10.4. The van der Waals surface area contributed by atoms with E-state index in [9.17, 15) is 14.3 Å². The molecule has 0 bridgehead atoms. The Balaban J connectivity index is 2.87. The molecule has 1 aromatic carbocycles. The third-order valence-electron chi connectivity index (χ3n) is 2.08. The Morgan fingerprint density at radius 3 is 2.62 bits per heavy atom. The van der Waals surface area contributed by atoms with Crippen molar-refractivity contribution in [1.29, 1.82) is 0 Å². The third kappa shape index (κ3) is 2.85. The fourth-order valence-electron chi connectivity index (χ4n) is 1.28. The molecule has 1 rings (SSSR count). The van der Waals surface area contributed by atoms with Crippen LogP contribution in [0.5, 0.6) is 11.5 Å². The molecule has 1 aromatic rings. The summed E-state index contributed by atoms with van der Waals surface area (Å²) in [6, 6.07) is 0.802. The molecular weight excluding hydrogens is 283 g/mol. The highest BCUT2D eigenvalue weighted by Crippen LogP contribution is 2.38. The van der Waals surface area contributed by atoms with Crippen LogP contribution in [0.25, 0.3) is 0 Å². The zero-order chi connectivity index (χ0) is 12.3. The van der Waals surface area contributed by atoms with E-state index in [1.807, 2.05) is 0 Å². The van der Waals surface area contributed by atoms with Crippen LogP contribution in [0.4, 0.5) is 4.39 Å². The van der Waals surface area contributed by atoms with Gasteiger partial charge in [-0.1, -0.05) is 0 Å². The van der Waals surface area contributed by atoms with E-state index in [4.69, 9.17) is 10.2 Å². The number of hydrogen-bond donors (Lipinski definition) is 3. The largest absolute Gasteiger partial charge is 0.504 e. The minimum absolute atomic E-state index is 0.0652. The van der Waals surface area contributed by atoms with Crippen LogP contribution in [0.15, 0.2) is 10.5 Å². The first-order chi connectivity index (χ1) is 7.43. The van der Waals surface area contributed by atoms with Gasteiger partial charge in [-0.3, -0.25) is 4.79 Å². The van der Waals surface area contributed by atoms with E-state index in [0.29, 0.717) is 0 Å². The number of aromatic hydroxyl groups is 2. The molecule has 0 fully saturated rings. The molecule has 6 heteroatoms. The highest BCUT2D eigenvalue weighted by Gasteiger charge is 2.15. The zero-order valence-corrected chi connectivity index (χ0v) is 9.79. The Bertz CT molecular complexity index is 420. The maximum absolute atomic E-state index is 13.4. The van der Waals surface area contributed by atoms with Gasteiger partial charge in [-0.15, -0.1) is 0 Å². The summed E-state index contributed by atoms with van der Waals surface area (Å²) in [5.41, 5.74) is 0.163. The van der Waals surface area contributed by atoms with Gasteiger partial charge in [0.1, 0.15) is 5.82 Å². The summed E-state index contributed by atoms with van der Waals surface area (Å²) in [5, 5.41) is 26.9. The molecule has 4 nitrogen and oxygen atoms in total. The molecule has 0 saturated carbocycles. The van der Waals surface area contributed by atoms with Crippen LogP contribution in [0.2, 0.25) is 0 Å².